The molecule has 0 spiro atoms. The summed E-state index contributed by atoms with van der Waals surface area (Å²) in [6.07, 6.45) is 5.81. The van der Waals surface area contributed by atoms with Crippen molar-refractivity contribution in [1.82, 2.24) is 14.8 Å². The Morgan fingerprint density at radius 3 is 2.73 bits per heavy atom. The highest BCUT2D eigenvalue weighted by atomic mass is 32.2. The lowest BCUT2D eigenvalue weighted by Crippen LogP contribution is -2.23. The van der Waals surface area contributed by atoms with Crippen LogP contribution >= 0.6 is 11.8 Å². The Morgan fingerprint density at radius 2 is 1.93 bits per heavy atom. The Kier molecular flexibility index (Phi) is 5.34. The van der Waals surface area contributed by atoms with Crippen molar-refractivity contribution in [2.24, 2.45) is 0 Å². The molecule has 1 amide bonds. The number of aromatic nitrogens is 3. The van der Waals surface area contributed by atoms with Gasteiger partial charge in [-0.15, -0.1) is 10.2 Å². The molecule has 2 aliphatic carbocycles. The molecule has 0 bridgehead atoms. The van der Waals surface area contributed by atoms with E-state index in [0.717, 1.165) is 36.1 Å². The molecule has 3 aromatic rings. The molecule has 0 saturated heterocycles. The third kappa shape index (κ3) is 4.15. The normalized spacial score (nSPS) is 16.3. The summed E-state index contributed by atoms with van der Waals surface area (Å²) in [4.78, 5) is 12.9. The van der Waals surface area contributed by atoms with E-state index < -0.39 is 0 Å². The first-order valence-electron chi connectivity index (χ1n) is 10.7. The van der Waals surface area contributed by atoms with Crippen molar-refractivity contribution >= 4 is 23.4 Å². The molecular formula is C24H26N4OS. The van der Waals surface area contributed by atoms with Crippen LogP contribution in [0.5, 0.6) is 0 Å². The Bertz CT molecular complexity index is 1060. The first-order chi connectivity index (χ1) is 14.7. The average Bonchev–Trinajstić information content (AvgIpc) is 3.37. The molecule has 1 aromatic heterocycles. The molecule has 0 radical (unpaired) electrons. The lowest BCUT2D eigenvalue weighted by atomic mass is 10.1. The van der Waals surface area contributed by atoms with E-state index in [9.17, 15) is 4.79 Å². The highest BCUT2D eigenvalue weighted by Crippen LogP contribution is 2.40. The Labute approximate surface area is 181 Å². The van der Waals surface area contributed by atoms with Crippen LogP contribution in [0.3, 0.4) is 0 Å². The molecule has 1 N–H and O–H groups in total. The van der Waals surface area contributed by atoms with E-state index in [1.165, 1.54) is 47.7 Å². The van der Waals surface area contributed by atoms with Gasteiger partial charge in [0.1, 0.15) is 5.82 Å². The van der Waals surface area contributed by atoms with Crippen molar-refractivity contribution in [1.29, 1.82) is 0 Å². The van der Waals surface area contributed by atoms with Gasteiger partial charge in [-0.05, 0) is 67.9 Å². The fourth-order valence-corrected chi connectivity index (χ4v) is 4.91. The van der Waals surface area contributed by atoms with Crippen LogP contribution in [-0.4, -0.2) is 25.9 Å². The zero-order chi connectivity index (χ0) is 20.5. The summed E-state index contributed by atoms with van der Waals surface area (Å²) in [6, 6.07) is 16.7. The van der Waals surface area contributed by atoms with E-state index in [0.29, 0.717) is 5.92 Å². The van der Waals surface area contributed by atoms with Crippen molar-refractivity contribution in [3.05, 3.63) is 71.0 Å². The van der Waals surface area contributed by atoms with Gasteiger partial charge in [0.15, 0.2) is 5.16 Å². The van der Waals surface area contributed by atoms with Gasteiger partial charge < -0.3 is 9.88 Å². The van der Waals surface area contributed by atoms with Crippen LogP contribution in [-0.2, 0) is 24.2 Å². The van der Waals surface area contributed by atoms with E-state index in [4.69, 9.17) is 0 Å². The van der Waals surface area contributed by atoms with Crippen LogP contribution in [0, 0.1) is 0 Å². The van der Waals surface area contributed by atoms with Crippen LogP contribution in [0.25, 0.3) is 0 Å². The van der Waals surface area contributed by atoms with Crippen LogP contribution in [0.15, 0.2) is 53.7 Å². The third-order valence-corrected chi connectivity index (χ3v) is 6.97. The maximum absolute atomic E-state index is 12.9. The smallest absolute Gasteiger partial charge is 0.237 e. The lowest BCUT2D eigenvalue weighted by molar-refractivity contribution is -0.115. The first-order valence-corrected chi connectivity index (χ1v) is 11.6. The number of hydrogen-bond acceptors (Lipinski definition) is 4. The molecule has 1 unspecified atom stereocenters. The zero-order valence-electron chi connectivity index (χ0n) is 17.2. The molecule has 154 valence electrons. The van der Waals surface area contributed by atoms with Gasteiger partial charge in [0.2, 0.25) is 5.91 Å². The lowest BCUT2D eigenvalue weighted by Gasteiger charge is -2.14. The number of carbonyl (C=O) groups is 1. The fraction of sp³-hybridized carbons (Fsp3) is 0.375. The van der Waals surface area contributed by atoms with Crippen molar-refractivity contribution in [2.75, 3.05) is 5.32 Å². The van der Waals surface area contributed by atoms with Crippen molar-refractivity contribution in [3.63, 3.8) is 0 Å². The van der Waals surface area contributed by atoms with Gasteiger partial charge in [0.05, 0.1) is 11.8 Å². The summed E-state index contributed by atoms with van der Waals surface area (Å²) in [7, 11) is 0. The van der Waals surface area contributed by atoms with E-state index in [1.807, 2.05) is 19.1 Å². The molecular weight excluding hydrogens is 392 g/mol. The van der Waals surface area contributed by atoms with Gasteiger partial charge in [-0.2, -0.15) is 0 Å². The monoisotopic (exact) mass is 418 g/mol. The molecule has 0 aliphatic heterocycles. The minimum Gasteiger partial charge on any atom is -0.325 e. The summed E-state index contributed by atoms with van der Waals surface area (Å²) < 4.78 is 2.19. The largest absolute Gasteiger partial charge is 0.325 e. The van der Waals surface area contributed by atoms with Gasteiger partial charge in [-0.1, -0.05) is 48.2 Å². The number of rotatable bonds is 7. The first kappa shape index (κ1) is 19.4. The molecule has 2 aromatic carbocycles. The summed E-state index contributed by atoms with van der Waals surface area (Å²) in [6.45, 7) is 2.67. The SMILES string of the molecule is CC(Sc1nnc(C2CC2)n1Cc1ccccc1)C(=O)Nc1ccc2c(c1)CCC2. The Balaban J connectivity index is 1.30. The average molecular weight is 419 g/mol. The van der Waals surface area contributed by atoms with Gasteiger partial charge >= 0.3 is 0 Å². The minimum absolute atomic E-state index is 0.000167. The van der Waals surface area contributed by atoms with Gasteiger partial charge in [-0.25, -0.2) is 0 Å². The molecule has 1 heterocycles. The third-order valence-electron chi connectivity index (χ3n) is 5.89. The van der Waals surface area contributed by atoms with Gasteiger partial charge in [0.25, 0.3) is 0 Å². The van der Waals surface area contributed by atoms with Crippen molar-refractivity contribution in [2.45, 2.75) is 61.9 Å². The predicted molar refractivity (Wildman–Crippen MR) is 120 cm³/mol. The van der Waals surface area contributed by atoms with E-state index in [2.05, 4.69) is 56.5 Å². The molecule has 1 fully saturated rings. The highest BCUT2D eigenvalue weighted by Gasteiger charge is 2.31. The standard InChI is InChI=1S/C24H26N4OS/c1-16(23(29)25-21-13-12-18-8-5-9-20(18)14-21)30-24-27-26-22(19-10-11-19)28(24)15-17-6-3-2-4-7-17/h2-4,6-7,12-14,16,19H,5,8-11,15H2,1H3,(H,25,29). The van der Waals surface area contributed by atoms with E-state index >= 15 is 0 Å². The number of fused-ring (bicyclic) bond motifs is 1. The van der Waals surface area contributed by atoms with Crippen LogP contribution in [0.2, 0.25) is 0 Å². The number of nitrogens with zero attached hydrogens (tertiary/aromatic N) is 3. The zero-order valence-corrected chi connectivity index (χ0v) is 18.0. The van der Waals surface area contributed by atoms with Crippen LogP contribution < -0.4 is 5.32 Å². The minimum atomic E-state index is -0.260. The van der Waals surface area contributed by atoms with Crippen molar-refractivity contribution < 1.29 is 4.79 Å². The maximum Gasteiger partial charge on any atom is 0.237 e. The van der Waals surface area contributed by atoms with Crippen LogP contribution in [0.1, 0.15) is 54.6 Å². The summed E-state index contributed by atoms with van der Waals surface area (Å²) in [5, 5.41) is 12.6. The number of aryl methyl sites for hydroxylation is 2. The van der Waals surface area contributed by atoms with Gasteiger partial charge in [0, 0.05) is 11.6 Å². The Morgan fingerprint density at radius 1 is 1.13 bits per heavy atom. The number of amides is 1. The molecule has 6 heteroatoms. The molecule has 1 saturated carbocycles. The molecule has 1 atom stereocenters. The molecule has 5 nitrogen and oxygen atoms in total. The second-order valence-corrected chi connectivity index (χ2v) is 9.58. The van der Waals surface area contributed by atoms with E-state index in [1.54, 1.807) is 0 Å². The summed E-state index contributed by atoms with van der Waals surface area (Å²) in [5.41, 5.74) is 4.88. The van der Waals surface area contributed by atoms with E-state index in [-0.39, 0.29) is 11.2 Å². The number of thioether (sulfide) groups is 1. The summed E-state index contributed by atoms with van der Waals surface area (Å²) in [5.74, 6) is 1.55. The summed E-state index contributed by atoms with van der Waals surface area (Å²) >= 11 is 1.49. The highest BCUT2D eigenvalue weighted by molar-refractivity contribution is 8.00. The van der Waals surface area contributed by atoms with Gasteiger partial charge in [-0.3, -0.25) is 4.79 Å². The second kappa shape index (κ2) is 8.26. The molecule has 5 rings (SSSR count). The number of carbonyl (C=O) groups excluding carboxylic acids is 1. The quantitative estimate of drug-likeness (QED) is 0.559. The number of benzene rings is 2. The number of anilines is 1. The topological polar surface area (TPSA) is 59.8 Å². The molecule has 30 heavy (non-hydrogen) atoms. The number of hydrogen-bond donors (Lipinski definition) is 1. The van der Waals surface area contributed by atoms with Crippen LogP contribution in [0.4, 0.5) is 5.69 Å². The maximum atomic E-state index is 12.9. The molecule has 2 aliphatic rings. The number of nitrogens with one attached hydrogen (secondary N) is 1. The Hall–Kier alpha value is -2.60. The second-order valence-electron chi connectivity index (χ2n) is 8.27. The predicted octanol–water partition coefficient (Wildman–Crippen LogP) is 4.81. The van der Waals surface area contributed by atoms with Crippen molar-refractivity contribution in [3.8, 4) is 0 Å². The fourth-order valence-electron chi connectivity index (χ4n) is 4.05.